The first-order valence-electron chi connectivity index (χ1n) is 6.20. The Morgan fingerprint density at radius 1 is 1.36 bits per heavy atom. The van der Waals surface area contributed by atoms with Crippen LogP contribution in [-0.2, 0) is 17.5 Å². The monoisotopic (exact) mass is 339 g/mol. The van der Waals surface area contributed by atoms with Crippen LogP contribution in [0, 0.1) is 0 Å². The van der Waals surface area contributed by atoms with Crippen LogP contribution in [0.15, 0.2) is 17.1 Å². The fourth-order valence-electron chi connectivity index (χ4n) is 1.48. The highest BCUT2D eigenvalue weighted by Gasteiger charge is 2.32. The number of urea groups is 1. The standard InChI is InChI=1S/C12H13ClF3N3O3/c1-2-3-17-11(22)18-9(20)6-19-5-7(12(14,15)16)4-8(13)10(19)21/h4-5H,2-3,6H2,1H3,(H2,17,18,20,22). The highest BCUT2D eigenvalue weighted by atomic mass is 35.5. The number of aromatic nitrogens is 1. The summed E-state index contributed by atoms with van der Waals surface area (Å²) >= 11 is 5.44. The van der Waals surface area contributed by atoms with E-state index in [1.807, 2.05) is 5.32 Å². The highest BCUT2D eigenvalue weighted by molar-refractivity contribution is 6.30. The molecule has 0 atom stereocenters. The number of alkyl halides is 3. The molecule has 10 heteroatoms. The number of nitrogens with zero attached hydrogens (tertiary/aromatic N) is 1. The third-order valence-electron chi connectivity index (χ3n) is 2.47. The van der Waals surface area contributed by atoms with Crippen LogP contribution >= 0.6 is 11.6 Å². The van der Waals surface area contributed by atoms with E-state index in [2.05, 4.69) is 5.32 Å². The van der Waals surface area contributed by atoms with Crippen molar-refractivity contribution in [3.63, 3.8) is 0 Å². The molecule has 1 aromatic heterocycles. The summed E-state index contributed by atoms with van der Waals surface area (Å²) < 4.78 is 38.4. The lowest BCUT2D eigenvalue weighted by molar-refractivity contribution is -0.138. The van der Waals surface area contributed by atoms with Gasteiger partial charge >= 0.3 is 12.2 Å². The molecule has 0 fully saturated rings. The van der Waals surface area contributed by atoms with Gasteiger partial charge in [-0.15, -0.1) is 0 Å². The number of amides is 3. The van der Waals surface area contributed by atoms with Gasteiger partial charge in [0.1, 0.15) is 11.6 Å². The topological polar surface area (TPSA) is 80.2 Å². The molecule has 3 amide bonds. The number of hydrogen-bond donors (Lipinski definition) is 2. The van der Waals surface area contributed by atoms with Gasteiger partial charge in [0.15, 0.2) is 0 Å². The fourth-order valence-corrected chi connectivity index (χ4v) is 1.70. The maximum absolute atomic E-state index is 12.6. The van der Waals surface area contributed by atoms with Crippen LogP contribution in [-0.4, -0.2) is 23.1 Å². The summed E-state index contributed by atoms with van der Waals surface area (Å²) in [6.45, 7) is 1.36. The molecule has 1 aromatic rings. The Kier molecular flexibility index (Phi) is 5.98. The molecule has 0 bridgehead atoms. The molecule has 6 nitrogen and oxygen atoms in total. The zero-order valence-corrected chi connectivity index (χ0v) is 12.2. The number of pyridine rings is 1. The SMILES string of the molecule is CCCNC(=O)NC(=O)Cn1cc(C(F)(F)F)cc(Cl)c1=O. The quantitative estimate of drug-likeness (QED) is 0.877. The summed E-state index contributed by atoms with van der Waals surface area (Å²) in [4.78, 5) is 34.4. The van der Waals surface area contributed by atoms with E-state index in [1.54, 1.807) is 6.92 Å². The van der Waals surface area contributed by atoms with Crippen molar-refractivity contribution in [2.24, 2.45) is 0 Å². The van der Waals surface area contributed by atoms with Crippen LogP contribution in [0.1, 0.15) is 18.9 Å². The molecule has 0 radical (unpaired) electrons. The van der Waals surface area contributed by atoms with Crippen LogP contribution in [0.3, 0.4) is 0 Å². The van der Waals surface area contributed by atoms with Crippen molar-refractivity contribution in [1.29, 1.82) is 0 Å². The molecule has 0 aliphatic carbocycles. The Balaban J connectivity index is 2.89. The Morgan fingerprint density at radius 3 is 2.55 bits per heavy atom. The second-order valence-corrected chi connectivity index (χ2v) is 4.72. The number of halogens is 4. The van der Waals surface area contributed by atoms with Gasteiger partial charge in [0.25, 0.3) is 5.56 Å². The van der Waals surface area contributed by atoms with Crippen molar-refractivity contribution < 1.29 is 22.8 Å². The number of imide groups is 1. The normalized spacial score (nSPS) is 11.1. The summed E-state index contributed by atoms with van der Waals surface area (Å²) in [6, 6.07) is -0.315. The molecule has 0 spiro atoms. The molecule has 1 heterocycles. The Labute approximate surface area is 128 Å². The third-order valence-corrected chi connectivity index (χ3v) is 2.74. The largest absolute Gasteiger partial charge is 0.417 e. The molecular formula is C12H13ClF3N3O3. The minimum atomic E-state index is -4.71. The van der Waals surface area contributed by atoms with Crippen molar-refractivity contribution in [2.45, 2.75) is 26.1 Å². The smallest absolute Gasteiger partial charge is 0.338 e. The average molecular weight is 340 g/mol. The molecule has 0 saturated carbocycles. The first-order chi connectivity index (χ1) is 10.1. The Hall–Kier alpha value is -2.03. The minimum Gasteiger partial charge on any atom is -0.338 e. The second-order valence-electron chi connectivity index (χ2n) is 4.31. The number of rotatable bonds is 4. The van der Waals surface area contributed by atoms with E-state index in [9.17, 15) is 27.6 Å². The van der Waals surface area contributed by atoms with Crippen LogP contribution in [0.5, 0.6) is 0 Å². The fraction of sp³-hybridized carbons (Fsp3) is 0.417. The highest BCUT2D eigenvalue weighted by Crippen LogP contribution is 2.29. The summed E-state index contributed by atoms with van der Waals surface area (Å²) in [6.07, 6.45) is -3.60. The Bertz CT molecular complexity index is 628. The number of carbonyl (C=O) groups excluding carboxylic acids is 2. The van der Waals surface area contributed by atoms with Crippen molar-refractivity contribution in [2.75, 3.05) is 6.54 Å². The van der Waals surface area contributed by atoms with Gasteiger partial charge in [-0.3, -0.25) is 14.9 Å². The zero-order valence-electron chi connectivity index (χ0n) is 11.5. The molecule has 122 valence electrons. The summed E-state index contributed by atoms with van der Waals surface area (Å²) in [7, 11) is 0. The lowest BCUT2D eigenvalue weighted by Crippen LogP contribution is -2.42. The molecule has 0 unspecified atom stereocenters. The molecule has 2 N–H and O–H groups in total. The summed E-state index contributed by atoms with van der Waals surface area (Å²) in [5.41, 5.74) is -2.13. The van der Waals surface area contributed by atoms with Crippen LogP contribution < -0.4 is 16.2 Å². The molecular weight excluding hydrogens is 327 g/mol. The molecule has 0 aromatic carbocycles. The lowest BCUT2D eigenvalue weighted by atomic mass is 10.2. The number of hydrogen-bond acceptors (Lipinski definition) is 3. The van der Waals surface area contributed by atoms with E-state index in [1.165, 1.54) is 0 Å². The van der Waals surface area contributed by atoms with E-state index < -0.39 is 40.8 Å². The van der Waals surface area contributed by atoms with Gasteiger partial charge in [-0.2, -0.15) is 13.2 Å². The predicted molar refractivity (Wildman–Crippen MR) is 72.5 cm³/mol. The lowest BCUT2D eigenvalue weighted by Gasteiger charge is -2.12. The van der Waals surface area contributed by atoms with Gasteiger partial charge in [-0.25, -0.2) is 4.79 Å². The van der Waals surface area contributed by atoms with Crippen molar-refractivity contribution in [3.8, 4) is 0 Å². The van der Waals surface area contributed by atoms with Gasteiger partial charge in [0.05, 0.1) is 5.56 Å². The molecule has 0 aliphatic rings. The number of carbonyl (C=O) groups is 2. The van der Waals surface area contributed by atoms with Crippen molar-refractivity contribution in [1.82, 2.24) is 15.2 Å². The third kappa shape index (κ3) is 5.06. The number of nitrogens with one attached hydrogen (secondary N) is 2. The zero-order chi connectivity index (χ0) is 16.9. The molecule has 1 rings (SSSR count). The molecule has 22 heavy (non-hydrogen) atoms. The van der Waals surface area contributed by atoms with E-state index in [0.717, 1.165) is 0 Å². The van der Waals surface area contributed by atoms with Gasteiger partial charge in [0, 0.05) is 12.7 Å². The maximum Gasteiger partial charge on any atom is 0.417 e. The minimum absolute atomic E-state index is 0.328. The Morgan fingerprint density at radius 2 is 2.00 bits per heavy atom. The molecule has 0 aliphatic heterocycles. The van der Waals surface area contributed by atoms with E-state index >= 15 is 0 Å². The first kappa shape index (κ1) is 18.0. The van der Waals surface area contributed by atoms with Crippen molar-refractivity contribution in [3.05, 3.63) is 33.2 Å². The molecule has 0 saturated heterocycles. The second kappa shape index (κ2) is 7.30. The van der Waals surface area contributed by atoms with Crippen molar-refractivity contribution >= 4 is 23.5 Å². The van der Waals surface area contributed by atoms with Gasteiger partial charge in [-0.1, -0.05) is 18.5 Å². The average Bonchev–Trinajstić information content (AvgIpc) is 2.40. The van der Waals surface area contributed by atoms with Gasteiger partial charge in [0.2, 0.25) is 5.91 Å². The van der Waals surface area contributed by atoms with Crippen LogP contribution in [0.25, 0.3) is 0 Å². The summed E-state index contributed by atoms with van der Waals surface area (Å²) in [5.74, 6) is -0.939. The van der Waals surface area contributed by atoms with E-state index in [0.29, 0.717) is 29.8 Å². The summed E-state index contributed by atoms with van der Waals surface area (Å²) in [5, 5.41) is 3.57. The van der Waals surface area contributed by atoms with E-state index in [4.69, 9.17) is 11.6 Å². The van der Waals surface area contributed by atoms with Gasteiger partial charge in [-0.05, 0) is 12.5 Å². The maximum atomic E-state index is 12.6. The van der Waals surface area contributed by atoms with Crippen LogP contribution in [0.2, 0.25) is 5.02 Å². The van der Waals surface area contributed by atoms with E-state index in [-0.39, 0.29) is 0 Å². The van der Waals surface area contributed by atoms with Gasteiger partial charge < -0.3 is 9.88 Å². The predicted octanol–water partition coefficient (Wildman–Crippen LogP) is 1.76. The first-order valence-corrected chi connectivity index (χ1v) is 6.57. The van der Waals surface area contributed by atoms with Crippen LogP contribution in [0.4, 0.5) is 18.0 Å².